The summed E-state index contributed by atoms with van der Waals surface area (Å²) < 4.78 is 11.5. The second kappa shape index (κ2) is 7.56. The van der Waals surface area contributed by atoms with Gasteiger partial charge < -0.3 is 30.1 Å². The highest BCUT2D eigenvalue weighted by Crippen LogP contribution is 2.30. The van der Waals surface area contributed by atoms with E-state index in [9.17, 15) is 9.90 Å². The SMILES string of the molecule is CCNC(=O)N[C@H]1[C@H](O)[C@@H](N(C)CCN(C)C)[C@@H]2OC[C@H]1O2. The number of nitrogens with one attached hydrogen (secondary N) is 2. The third-order valence-electron chi connectivity index (χ3n) is 4.17. The number of hydrogen-bond acceptors (Lipinski definition) is 6. The first-order valence-electron chi connectivity index (χ1n) is 7.78. The standard InChI is InChI=1S/C14H28N4O4/c1-5-15-14(20)16-10-9-8-21-13(22-9)11(12(10)19)18(4)7-6-17(2)3/h9-13,19H,5-8H2,1-4H3,(H2,15,16,20)/t9-,10-,11-,12+,13-/m1/s1. The molecule has 0 unspecified atom stereocenters. The van der Waals surface area contributed by atoms with Crippen LogP contribution in [-0.4, -0.2) is 98.9 Å². The average molecular weight is 316 g/mol. The maximum absolute atomic E-state index is 11.8. The van der Waals surface area contributed by atoms with Gasteiger partial charge in [-0.25, -0.2) is 4.79 Å². The van der Waals surface area contributed by atoms with E-state index in [1.807, 2.05) is 33.0 Å². The number of likely N-dealkylation sites (N-methyl/N-ethyl adjacent to an activating group) is 2. The summed E-state index contributed by atoms with van der Waals surface area (Å²) in [5, 5.41) is 16.2. The Balaban J connectivity index is 2.02. The highest BCUT2D eigenvalue weighted by Gasteiger charge is 2.51. The molecule has 8 heteroatoms. The summed E-state index contributed by atoms with van der Waals surface area (Å²) in [6.07, 6.45) is -1.48. The molecule has 8 nitrogen and oxygen atoms in total. The summed E-state index contributed by atoms with van der Waals surface area (Å²) >= 11 is 0. The first-order chi connectivity index (χ1) is 10.4. The summed E-state index contributed by atoms with van der Waals surface area (Å²) in [6.45, 7) is 4.41. The molecule has 2 saturated heterocycles. The van der Waals surface area contributed by atoms with E-state index < -0.39 is 18.4 Å². The molecule has 2 fully saturated rings. The molecule has 2 heterocycles. The number of urea groups is 1. The van der Waals surface area contributed by atoms with Crippen LogP contribution >= 0.6 is 0 Å². The highest BCUT2D eigenvalue weighted by atomic mass is 16.7. The van der Waals surface area contributed by atoms with Gasteiger partial charge in [-0.1, -0.05) is 0 Å². The molecule has 0 spiro atoms. The number of fused-ring (bicyclic) bond motifs is 2. The Bertz CT molecular complexity index is 382. The molecular formula is C14H28N4O4. The molecule has 0 saturated carbocycles. The van der Waals surface area contributed by atoms with E-state index in [1.165, 1.54) is 0 Å². The van der Waals surface area contributed by atoms with E-state index in [4.69, 9.17) is 9.47 Å². The maximum Gasteiger partial charge on any atom is 0.315 e. The van der Waals surface area contributed by atoms with E-state index in [1.54, 1.807) is 0 Å². The minimum atomic E-state index is -0.735. The van der Waals surface area contributed by atoms with Crippen molar-refractivity contribution in [2.24, 2.45) is 0 Å². The highest BCUT2D eigenvalue weighted by molar-refractivity contribution is 5.74. The Kier molecular flexibility index (Phi) is 5.99. The van der Waals surface area contributed by atoms with Crippen molar-refractivity contribution in [1.82, 2.24) is 20.4 Å². The topological polar surface area (TPSA) is 86.3 Å². The predicted molar refractivity (Wildman–Crippen MR) is 81.6 cm³/mol. The van der Waals surface area contributed by atoms with Gasteiger partial charge in [0.05, 0.1) is 24.8 Å². The van der Waals surface area contributed by atoms with Crippen LogP contribution in [0.1, 0.15) is 6.92 Å². The van der Waals surface area contributed by atoms with Crippen LogP contribution in [0.4, 0.5) is 4.79 Å². The van der Waals surface area contributed by atoms with Crippen molar-refractivity contribution in [3.05, 3.63) is 0 Å². The lowest BCUT2D eigenvalue weighted by molar-refractivity contribution is -0.177. The Labute approximate surface area is 131 Å². The van der Waals surface area contributed by atoms with Crippen molar-refractivity contribution in [2.45, 2.75) is 37.5 Å². The molecule has 5 atom stereocenters. The minimum absolute atomic E-state index is 0.296. The third-order valence-corrected chi connectivity index (χ3v) is 4.17. The third kappa shape index (κ3) is 3.88. The number of hydrogen-bond donors (Lipinski definition) is 3. The second-order valence-corrected chi connectivity index (χ2v) is 6.17. The lowest BCUT2D eigenvalue weighted by atomic mass is 9.95. The molecule has 0 aromatic carbocycles. The number of carbonyl (C=O) groups is 1. The molecule has 2 aliphatic heterocycles. The van der Waals surface area contributed by atoms with E-state index in [2.05, 4.69) is 15.5 Å². The Morgan fingerprint density at radius 2 is 2.05 bits per heavy atom. The number of rotatable bonds is 6. The second-order valence-electron chi connectivity index (χ2n) is 6.17. The zero-order chi connectivity index (χ0) is 16.3. The summed E-state index contributed by atoms with van der Waals surface area (Å²) in [4.78, 5) is 15.9. The molecule has 0 aliphatic carbocycles. The zero-order valence-electron chi connectivity index (χ0n) is 13.8. The van der Waals surface area contributed by atoms with Gasteiger partial charge in [0.1, 0.15) is 6.10 Å². The van der Waals surface area contributed by atoms with Gasteiger partial charge >= 0.3 is 6.03 Å². The largest absolute Gasteiger partial charge is 0.389 e. The van der Waals surface area contributed by atoms with Crippen molar-refractivity contribution in [1.29, 1.82) is 0 Å². The first-order valence-corrected chi connectivity index (χ1v) is 7.78. The van der Waals surface area contributed by atoms with Gasteiger partial charge in [0.2, 0.25) is 0 Å². The van der Waals surface area contributed by atoms with Crippen molar-refractivity contribution in [3.63, 3.8) is 0 Å². The van der Waals surface area contributed by atoms with Crippen molar-refractivity contribution in [2.75, 3.05) is 47.4 Å². The molecular weight excluding hydrogens is 288 g/mol. The van der Waals surface area contributed by atoms with Gasteiger partial charge in [-0.2, -0.15) is 0 Å². The average Bonchev–Trinajstić information content (AvgIpc) is 2.87. The van der Waals surface area contributed by atoms with Gasteiger partial charge in [0.25, 0.3) is 0 Å². The van der Waals surface area contributed by atoms with Crippen LogP contribution in [0.3, 0.4) is 0 Å². The van der Waals surface area contributed by atoms with Gasteiger partial charge in [0, 0.05) is 19.6 Å². The number of aliphatic hydroxyl groups excluding tert-OH is 1. The quantitative estimate of drug-likeness (QED) is 0.562. The molecule has 0 aromatic heterocycles. The van der Waals surface area contributed by atoms with Crippen LogP contribution < -0.4 is 10.6 Å². The summed E-state index contributed by atoms with van der Waals surface area (Å²) in [6, 6.07) is -1.07. The van der Waals surface area contributed by atoms with E-state index >= 15 is 0 Å². The number of ether oxygens (including phenoxy) is 2. The Morgan fingerprint density at radius 1 is 1.32 bits per heavy atom. The van der Waals surface area contributed by atoms with Crippen molar-refractivity contribution in [3.8, 4) is 0 Å². The molecule has 128 valence electrons. The molecule has 2 bridgehead atoms. The molecule has 2 aliphatic rings. The smallest absolute Gasteiger partial charge is 0.315 e. The molecule has 0 radical (unpaired) electrons. The minimum Gasteiger partial charge on any atom is -0.389 e. The summed E-state index contributed by atoms with van der Waals surface area (Å²) in [5.41, 5.74) is 0. The van der Waals surface area contributed by atoms with Crippen LogP contribution in [0.5, 0.6) is 0 Å². The number of aliphatic hydroxyl groups is 1. The normalized spacial score (nSPS) is 34.2. The van der Waals surface area contributed by atoms with E-state index in [0.717, 1.165) is 13.1 Å². The number of amides is 2. The number of nitrogens with zero attached hydrogens (tertiary/aromatic N) is 2. The van der Waals surface area contributed by atoms with Crippen molar-refractivity contribution < 1.29 is 19.4 Å². The fraction of sp³-hybridized carbons (Fsp3) is 0.929. The van der Waals surface area contributed by atoms with Crippen LogP contribution in [-0.2, 0) is 9.47 Å². The summed E-state index contributed by atoms with van der Waals surface area (Å²) in [7, 11) is 5.94. The van der Waals surface area contributed by atoms with E-state index in [-0.39, 0.29) is 18.2 Å². The zero-order valence-corrected chi connectivity index (χ0v) is 13.8. The molecule has 2 rings (SSSR count). The molecule has 2 amide bonds. The molecule has 22 heavy (non-hydrogen) atoms. The fourth-order valence-corrected chi connectivity index (χ4v) is 2.92. The van der Waals surface area contributed by atoms with Crippen LogP contribution in [0.25, 0.3) is 0 Å². The lowest BCUT2D eigenvalue weighted by Gasteiger charge is -2.42. The van der Waals surface area contributed by atoms with Crippen molar-refractivity contribution >= 4 is 6.03 Å². The predicted octanol–water partition coefficient (Wildman–Crippen LogP) is -1.35. The van der Waals surface area contributed by atoms with Gasteiger partial charge in [-0.3, -0.25) is 4.90 Å². The Morgan fingerprint density at radius 3 is 2.68 bits per heavy atom. The van der Waals surface area contributed by atoms with E-state index in [0.29, 0.717) is 13.2 Å². The van der Waals surface area contributed by atoms with Gasteiger partial charge in [-0.05, 0) is 28.1 Å². The Hall–Kier alpha value is -0.930. The summed E-state index contributed by atoms with van der Waals surface area (Å²) in [5.74, 6) is 0. The van der Waals surface area contributed by atoms with Crippen LogP contribution in [0.15, 0.2) is 0 Å². The monoisotopic (exact) mass is 316 g/mol. The van der Waals surface area contributed by atoms with Gasteiger partial charge in [0.15, 0.2) is 6.29 Å². The first kappa shape index (κ1) is 17.4. The molecule has 0 aromatic rings. The molecule has 3 N–H and O–H groups in total. The van der Waals surface area contributed by atoms with Crippen LogP contribution in [0, 0.1) is 0 Å². The fourth-order valence-electron chi connectivity index (χ4n) is 2.92. The van der Waals surface area contributed by atoms with Crippen LogP contribution in [0.2, 0.25) is 0 Å². The van der Waals surface area contributed by atoms with Gasteiger partial charge in [-0.15, -0.1) is 0 Å². The lowest BCUT2D eigenvalue weighted by Crippen LogP contribution is -2.65. The maximum atomic E-state index is 11.8. The number of carbonyl (C=O) groups excluding carboxylic acids is 1.